The third kappa shape index (κ3) is 5.99. The van der Waals surface area contributed by atoms with E-state index in [1.54, 1.807) is 25.7 Å². The van der Waals surface area contributed by atoms with Gasteiger partial charge in [-0.2, -0.15) is 13.5 Å². The van der Waals surface area contributed by atoms with Gasteiger partial charge in [0, 0.05) is 13.1 Å². The van der Waals surface area contributed by atoms with Gasteiger partial charge in [0.05, 0.1) is 18.7 Å². The lowest BCUT2D eigenvalue weighted by molar-refractivity contribution is -0.140. The Morgan fingerprint density at radius 2 is 1.91 bits per heavy atom. The number of nitrogens with one attached hydrogen (secondary N) is 1. The Hall–Kier alpha value is -2.16. The number of fused-ring (bicyclic) bond motifs is 2. The van der Waals surface area contributed by atoms with E-state index in [1.165, 1.54) is 4.90 Å². The fraction of sp³-hybridized carbons (Fsp3) is 0.833. The minimum Gasteiger partial charge on any atom is -0.444 e. The first-order valence-electron chi connectivity index (χ1n) is 10.5. The molecule has 0 aromatic heterocycles. The van der Waals surface area contributed by atoms with Gasteiger partial charge in [-0.15, -0.1) is 4.28 Å². The van der Waals surface area contributed by atoms with Crippen molar-refractivity contribution in [1.82, 2.24) is 20.3 Å². The number of hydrogen-bond acceptors (Lipinski definition) is 8. The van der Waals surface area contributed by atoms with Crippen LogP contribution in [0.15, 0.2) is 0 Å². The standard InChI is InChI=1S/C18H30N4O9S/c1-18(2,3)30-17(25)20-9-5-4-6-13(20)11-29-19-15(23)14-8-7-12-10-21(14)16(24)22(12)31-32(26,27)28/h12-14H,4-11H2,1-3H3,(H,19,23)(H,26,27,28)/t12-,13?,14+/m1/s1. The second kappa shape index (κ2) is 9.37. The molecule has 13 nitrogen and oxygen atoms in total. The van der Waals surface area contributed by atoms with Crippen LogP contribution in [-0.2, 0) is 29.1 Å². The molecule has 4 amide bonds. The highest BCUT2D eigenvalue weighted by Gasteiger charge is 2.49. The molecule has 32 heavy (non-hydrogen) atoms. The van der Waals surface area contributed by atoms with Crippen LogP contribution in [0.5, 0.6) is 0 Å². The number of hydroxylamine groups is 3. The molecule has 2 bridgehead atoms. The normalized spacial score (nSPS) is 26.3. The third-order valence-corrected chi connectivity index (χ3v) is 5.85. The zero-order valence-electron chi connectivity index (χ0n) is 18.4. The molecular weight excluding hydrogens is 448 g/mol. The molecule has 2 N–H and O–H groups in total. The van der Waals surface area contributed by atoms with E-state index in [0.29, 0.717) is 24.4 Å². The number of carbonyl (C=O) groups is 3. The Kier molecular flexibility index (Phi) is 7.17. The Bertz CT molecular complexity index is 844. The highest BCUT2D eigenvalue weighted by atomic mass is 32.3. The van der Waals surface area contributed by atoms with Gasteiger partial charge in [0.25, 0.3) is 5.91 Å². The van der Waals surface area contributed by atoms with Gasteiger partial charge >= 0.3 is 22.5 Å². The van der Waals surface area contributed by atoms with Gasteiger partial charge in [-0.25, -0.2) is 15.1 Å². The number of ether oxygens (including phenoxy) is 1. The molecule has 0 radical (unpaired) electrons. The van der Waals surface area contributed by atoms with E-state index in [2.05, 4.69) is 9.76 Å². The highest BCUT2D eigenvalue weighted by molar-refractivity contribution is 7.80. The van der Waals surface area contributed by atoms with Gasteiger partial charge in [0.15, 0.2) is 0 Å². The molecule has 0 aliphatic carbocycles. The van der Waals surface area contributed by atoms with E-state index >= 15 is 0 Å². The molecule has 0 aromatic rings. The average Bonchev–Trinajstić information content (AvgIpc) is 2.90. The van der Waals surface area contributed by atoms with Crippen LogP contribution >= 0.6 is 0 Å². The third-order valence-electron chi connectivity index (χ3n) is 5.50. The number of carbonyl (C=O) groups excluding carboxylic acids is 3. The van der Waals surface area contributed by atoms with E-state index in [1.807, 2.05) is 0 Å². The van der Waals surface area contributed by atoms with Crippen LogP contribution in [-0.4, -0.2) is 89.3 Å². The molecule has 0 spiro atoms. The molecular formula is C18H30N4O9S. The van der Waals surface area contributed by atoms with Crippen molar-refractivity contribution in [1.29, 1.82) is 0 Å². The lowest BCUT2D eigenvalue weighted by Crippen LogP contribution is -2.52. The predicted molar refractivity (Wildman–Crippen MR) is 108 cm³/mol. The summed E-state index contributed by atoms with van der Waals surface area (Å²) >= 11 is 0. The van der Waals surface area contributed by atoms with Crippen molar-refractivity contribution in [3.8, 4) is 0 Å². The van der Waals surface area contributed by atoms with Crippen LogP contribution in [0.1, 0.15) is 52.9 Å². The van der Waals surface area contributed by atoms with Gasteiger partial charge in [0.2, 0.25) is 0 Å². The number of urea groups is 1. The van der Waals surface area contributed by atoms with Crippen molar-refractivity contribution < 1.29 is 41.2 Å². The minimum atomic E-state index is -4.86. The molecule has 14 heteroatoms. The smallest absolute Gasteiger partial charge is 0.418 e. The summed E-state index contributed by atoms with van der Waals surface area (Å²) in [6, 6.07) is -2.54. The lowest BCUT2D eigenvalue weighted by atomic mass is 10.0. The Labute approximate surface area is 186 Å². The topological polar surface area (TPSA) is 155 Å². The first kappa shape index (κ1) is 24.5. The predicted octanol–water partition coefficient (Wildman–Crippen LogP) is 0.827. The quantitative estimate of drug-likeness (QED) is 0.417. The fourth-order valence-corrected chi connectivity index (χ4v) is 4.50. The van der Waals surface area contributed by atoms with Crippen molar-refractivity contribution in [2.75, 3.05) is 19.7 Å². The maximum atomic E-state index is 12.6. The van der Waals surface area contributed by atoms with Crippen molar-refractivity contribution in [2.24, 2.45) is 0 Å². The number of hydrogen-bond donors (Lipinski definition) is 2. The van der Waals surface area contributed by atoms with Crippen molar-refractivity contribution in [3.05, 3.63) is 0 Å². The lowest BCUT2D eigenvalue weighted by Gasteiger charge is -2.36. The number of piperidine rings is 2. The number of likely N-dealkylation sites (tertiary alicyclic amines) is 1. The summed E-state index contributed by atoms with van der Waals surface area (Å²) in [5.74, 6) is -0.565. The summed E-state index contributed by atoms with van der Waals surface area (Å²) in [7, 11) is -4.86. The van der Waals surface area contributed by atoms with Crippen LogP contribution in [0.3, 0.4) is 0 Å². The summed E-state index contributed by atoms with van der Waals surface area (Å²) in [6.07, 6.45) is 2.61. The van der Waals surface area contributed by atoms with Crippen LogP contribution in [0.25, 0.3) is 0 Å². The second-order valence-electron chi connectivity index (χ2n) is 9.11. The van der Waals surface area contributed by atoms with Gasteiger partial charge < -0.3 is 14.5 Å². The molecule has 3 heterocycles. The average molecular weight is 479 g/mol. The zero-order valence-corrected chi connectivity index (χ0v) is 19.2. The molecule has 3 aliphatic heterocycles. The fourth-order valence-electron chi connectivity index (χ4n) is 4.12. The van der Waals surface area contributed by atoms with Gasteiger partial charge in [-0.1, -0.05) is 0 Å². The maximum absolute atomic E-state index is 12.6. The molecule has 3 rings (SSSR count). The monoisotopic (exact) mass is 478 g/mol. The van der Waals surface area contributed by atoms with Gasteiger partial charge in [0.1, 0.15) is 11.6 Å². The van der Waals surface area contributed by atoms with E-state index in [-0.39, 0.29) is 25.6 Å². The number of nitrogens with zero attached hydrogens (tertiary/aromatic N) is 3. The number of amides is 4. The van der Waals surface area contributed by atoms with Crippen LogP contribution in [0.2, 0.25) is 0 Å². The largest absolute Gasteiger partial charge is 0.444 e. The first-order chi connectivity index (χ1) is 14.9. The number of rotatable bonds is 6. The SMILES string of the molecule is CC(C)(C)OC(=O)N1CCCCC1CONC(=O)[C@@H]1CC[C@@H]2CN1C(=O)N2OS(=O)(=O)O. The van der Waals surface area contributed by atoms with Crippen molar-refractivity contribution in [3.63, 3.8) is 0 Å². The van der Waals surface area contributed by atoms with Gasteiger partial charge in [-0.3, -0.25) is 14.2 Å². The van der Waals surface area contributed by atoms with E-state index in [4.69, 9.17) is 14.1 Å². The summed E-state index contributed by atoms with van der Waals surface area (Å²) in [6.45, 7) is 6.05. The minimum absolute atomic E-state index is 0.0618. The van der Waals surface area contributed by atoms with Crippen LogP contribution in [0, 0.1) is 0 Å². The molecule has 0 saturated carbocycles. The van der Waals surface area contributed by atoms with Crippen LogP contribution < -0.4 is 5.48 Å². The Morgan fingerprint density at radius 3 is 2.56 bits per heavy atom. The maximum Gasteiger partial charge on any atom is 0.418 e. The highest BCUT2D eigenvalue weighted by Crippen LogP contribution is 2.30. The van der Waals surface area contributed by atoms with Crippen molar-refractivity contribution >= 4 is 28.4 Å². The molecule has 3 fully saturated rings. The van der Waals surface area contributed by atoms with Crippen molar-refractivity contribution in [2.45, 2.75) is 76.6 Å². The summed E-state index contributed by atoms with van der Waals surface area (Å²) in [5.41, 5.74) is 1.71. The molecule has 3 saturated heterocycles. The van der Waals surface area contributed by atoms with Crippen LogP contribution in [0.4, 0.5) is 9.59 Å². The second-order valence-corrected chi connectivity index (χ2v) is 10.1. The summed E-state index contributed by atoms with van der Waals surface area (Å²) < 4.78 is 40.6. The summed E-state index contributed by atoms with van der Waals surface area (Å²) in [5, 5.41) is 0.574. The molecule has 0 aromatic carbocycles. The molecule has 3 atom stereocenters. The van der Waals surface area contributed by atoms with E-state index in [0.717, 1.165) is 12.8 Å². The molecule has 1 unspecified atom stereocenters. The van der Waals surface area contributed by atoms with E-state index < -0.39 is 46.1 Å². The van der Waals surface area contributed by atoms with Gasteiger partial charge in [-0.05, 0) is 52.9 Å². The Morgan fingerprint density at radius 1 is 1.19 bits per heavy atom. The first-order valence-corrected chi connectivity index (χ1v) is 11.9. The zero-order chi connectivity index (χ0) is 23.7. The molecule has 3 aliphatic rings. The molecule has 182 valence electrons. The Balaban J connectivity index is 1.52. The summed E-state index contributed by atoms with van der Waals surface area (Å²) in [4.78, 5) is 45.6. The van der Waals surface area contributed by atoms with E-state index in [9.17, 15) is 22.8 Å².